The number of nitroso groups, excluding NO2 is 1. The topological polar surface area (TPSA) is 114 Å². The Kier molecular flexibility index (Phi) is 6.03. The first-order chi connectivity index (χ1) is 9.40. The van der Waals surface area contributed by atoms with Gasteiger partial charge in [0.2, 0.25) is 0 Å². The molecule has 1 aromatic carbocycles. The van der Waals surface area contributed by atoms with E-state index in [-0.39, 0.29) is 6.54 Å². The van der Waals surface area contributed by atoms with Gasteiger partial charge in [-0.1, -0.05) is 6.07 Å². The monoisotopic (exact) mass is 284 g/mol. The number of nitrogens with zero attached hydrogens (tertiary/aromatic N) is 2. The molecule has 3 atom stereocenters. The van der Waals surface area contributed by atoms with Crippen LogP contribution in [0.2, 0.25) is 0 Å². The van der Waals surface area contributed by atoms with Crippen LogP contribution in [0.25, 0.3) is 0 Å². The van der Waals surface area contributed by atoms with Crippen molar-refractivity contribution in [2.45, 2.75) is 32.2 Å². The van der Waals surface area contributed by atoms with Crippen LogP contribution < -0.4 is 5.01 Å². The second kappa shape index (κ2) is 7.30. The number of aliphatic hydroxyl groups excluding tert-OH is 4. The summed E-state index contributed by atoms with van der Waals surface area (Å²) >= 11 is 0. The van der Waals surface area contributed by atoms with Gasteiger partial charge >= 0.3 is 0 Å². The molecule has 1 aromatic rings. The zero-order chi connectivity index (χ0) is 15.3. The molecule has 20 heavy (non-hydrogen) atoms. The fraction of sp³-hybridized carbons (Fsp3) is 0.538. The summed E-state index contributed by atoms with van der Waals surface area (Å²) in [6, 6.07) is 5.22. The van der Waals surface area contributed by atoms with Gasteiger partial charge < -0.3 is 20.4 Å². The van der Waals surface area contributed by atoms with Crippen molar-refractivity contribution in [2.24, 2.45) is 5.29 Å². The van der Waals surface area contributed by atoms with Crippen LogP contribution in [0.4, 0.5) is 5.69 Å². The number of benzene rings is 1. The van der Waals surface area contributed by atoms with E-state index in [9.17, 15) is 20.2 Å². The zero-order valence-electron chi connectivity index (χ0n) is 11.5. The molecule has 0 bridgehead atoms. The smallest absolute Gasteiger partial charge is 0.110 e. The van der Waals surface area contributed by atoms with E-state index in [4.69, 9.17) is 5.11 Å². The lowest BCUT2D eigenvalue weighted by Gasteiger charge is -2.25. The van der Waals surface area contributed by atoms with Crippen molar-refractivity contribution < 1.29 is 20.4 Å². The van der Waals surface area contributed by atoms with E-state index in [1.807, 2.05) is 19.9 Å². The lowest BCUT2D eigenvalue weighted by Crippen LogP contribution is -2.44. The lowest BCUT2D eigenvalue weighted by atomic mass is 10.1. The van der Waals surface area contributed by atoms with Crippen LogP contribution in [0, 0.1) is 18.8 Å². The number of anilines is 1. The fourth-order valence-electron chi connectivity index (χ4n) is 1.72. The molecular formula is C13H20N2O5. The molecule has 0 fully saturated rings. The molecule has 1 rings (SSSR count). The second-order valence-corrected chi connectivity index (χ2v) is 4.74. The predicted molar refractivity (Wildman–Crippen MR) is 74.2 cm³/mol. The molecule has 0 spiro atoms. The van der Waals surface area contributed by atoms with Crippen molar-refractivity contribution in [3.63, 3.8) is 0 Å². The summed E-state index contributed by atoms with van der Waals surface area (Å²) in [5.41, 5.74) is 2.49. The zero-order valence-corrected chi connectivity index (χ0v) is 11.5. The summed E-state index contributed by atoms with van der Waals surface area (Å²) in [7, 11) is 0. The molecule has 4 N–H and O–H groups in total. The van der Waals surface area contributed by atoms with Gasteiger partial charge in [0, 0.05) is 0 Å². The third kappa shape index (κ3) is 3.97. The lowest BCUT2D eigenvalue weighted by molar-refractivity contribution is -0.0731. The molecule has 112 valence electrons. The van der Waals surface area contributed by atoms with Crippen molar-refractivity contribution in [2.75, 3.05) is 18.2 Å². The van der Waals surface area contributed by atoms with Crippen LogP contribution in [0.1, 0.15) is 11.1 Å². The van der Waals surface area contributed by atoms with Gasteiger partial charge in [0.05, 0.1) is 24.1 Å². The van der Waals surface area contributed by atoms with E-state index in [2.05, 4.69) is 5.29 Å². The maximum Gasteiger partial charge on any atom is 0.110 e. The first-order valence-electron chi connectivity index (χ1n) is 6.23. The van der Waals surface area contributed by atoms with E-state index >= 15 is 0 Å². The Morgan fingerprint density at radius 1 is 1.15 bits per heavy atom. The Balaban J connectivity index is 2.81. The normalized spacial score (nSPS) is 15.5. The maximum atomic E-state index is 10.9. The largest absolute Gasteiger partial charge is 0.394 e. The van der Waals surface area contributed by atoms with Gasteiger partial charge in [-0.15, -0.1) is 4.91 Å². The first-order valence-corrected chi connectivity index (χ1v) is 6.23. The van der Waals surface area contributed by atoms with Gasteiger partial charge in [-0.25, -0.2) is 5.01 Å². The molecule has 0 saturated heterocycles. The summed E-state index contributed by atoms with van der Waals surface area (Å²) in [5.74, 6) is 0. The molecule has 0 amide bonds. The highest BCUT2D eigenvalue weighted by Gasteiger charge is 2.26. The quantitative estimate of drug-likeness (QED) is 0.409. The van der Waals surface area contributed by atoms with Gasteiger partial charge in [-0.3, -0.25) is 0 Å². The van der Waals surface area contributed by atoms with Crippen molar-refractivity contribution in [1.82, 2.24) is 0 Å². The Morgan fingerprint density at radius 2 is 1.80 bits per heavy atom. The highest BCUT2D eigenvalue weighted by molar-refractivity contribution is 5.50. The van der Waals surface area contributed by atoms with Gasteiger partial charge in [-0.05, 0) is 37.1 Å². The SMILES string of the molecule is Cc1ccc(N(C[C@H](O)[C@H](O)[C@H](O)CO)N=O)cc1C. The van der Waals surface area contributed by atoms with Crippen LogP contribution in [-0.2, 0) is 0 Å². The van der Waals surface area contributed by atoms with Crippen molar-refractivity contribution >= 4 is 5.69 Å². The summed E-state index contributed by atoms with van der Waals surface area (Å²) in [6.07, 6.45) is -4.45. The van der Waals surface area contributed by atoms with E-state index in [0.717, 1.165) is 16.1 Å². The number of aryl methyl sites for hydroxylation is 2. The van der Waals surface area contributed by atoms with Crippen molar-refractivity contribution in [3.8, 4) is 0 Å². The Hall–Kier alpha value is -1.54. The molecule has 0 saturated carbocycles. The molecule has 0 aliphatic carbocycles. The summed E-state index contributed by atoms with van der Waals surface area (Å²) in [4.78, 5) is 10.9. The van der Waals surface area contributed by atoms with Crippen LogP contribution in [0.5, 0.6) is 0 Å². The van der Waals surface area contributed by atoms with E-state index in [0.29, 0.717) is 5.69 Å². The Labute approximate surface area is 117 Å². The van der Waals surface area contributed by atoms with E-state index in [1.54, 1.807) is 12.1 Å². The third-order valence-corrected chi connectivity index (χ3v) is 3.22. The molecule has 7 heteroatoms. The number of rotatable bonds is 7. The number of hydrogen-bond acceptors (Lipinski definition) is 6. The van der Waals surface area contributed by atoms with Crippen LogP contribution in [0.3, 0.4) is 0 Å². The average molecular weight is 284 g/mol. The minimum atomic E-state index is -1.56. The first kappa shape index (κ1) is 16.5. The third-order valence-electron chi connectivity index (χ3n) is 3.22. The highest BCUT2D eigenvalue weighted by Crippen LogP contribution is 2.20. The highest BCUT2D eigenvalue weighted by atomic mass is 16.4. The van der Waals surface area contributed by atoms with E-state index in [1.165, 1.54) is 0 Å². The second-order valence-electron chi connectivity index (χ2n) is 4.74. The summed E-state index contributed by atoms with van der Waals surface area (Å²) in [6.45, 7) is 2.83. The average Bonchev–Trinajstić information content (AvgIpc) is 2.45. The van der Waals surface area contributed by atoms with Gasteiger partial charge in [0.25, 0.3) is 0 Å². The molecule has 0 aliphatic heterocycles. The minimum Gasteiger partial charge on any atom is -0.394 e. The van der Waals surface area contributed by atoms with Crippen molar-refractivity contribution in [1.29, 1.82) is 0 Å². The minimum absolute atomic E-state index is 0.287. The standard InChI is InChI=1S/C13H20N2O5/c1-8-3-4-10(5-9(8)2)15(14-20)6-11(17)13(19)12(18)7-16/h3-5,11-13,16-19H,6-7H2,1-2H3/t11-,12+,13-/m0/s1. The van der Waals surface area contributed by atoms with Crippen LogP contribution in [-0.4, -0.2) is 51.9 Å². The van der Waals surface area contributed by atoms with Crippen LogP contribution in [0.15, 0.2) is 23.5 Å². The molecule has 0 unspecified atom stereocenters. The molecule has 0 aliphatic rings. The maximum absolute atomic E-state index is 10.9. The number of hydrogen-bond donors (Lipinski definition) is 4. The van der Waals surface area contributed by atoms with Gasteiger partial charge in [0.15, 0.2) is 0 Å². The number of aliphatic hydroxyl groups is 4. The molecule has 0 aromatic heterocycles. The van der Waals surface area contributed by atoms with Crippen LogP contribution >= 0.6 is 0 Å². The Morgan fingerprint density at radius 3 is 2.30 bits per heavy atom. The predicted octanol–water partition coefficient (Wildman–Crippen LogP) is -0.134. The molecule has 0 heterocycles. The van der Waals surface area contributed by atoms with Gasteiger partial charge in [-0.2, -0.15) is 0 Å². The van der Waals surface area contributed by atoms with Crippen molar-refractivity contribution in [3.05, 3.63) is 34.2 Å². The summed E-state index contributed by atoms with van der Waals surface area (Å²) in [5, 5.41) is 41.0. The summed E-state index contributed by atoms with van der Waals surface area (Å²) < 4.78 is 0. The molecule has 0 radical (unpaired) electrons. The molecular weight excluding hydrogens is 264 g/mol. The fourth-order valence-corrected chi connectivity index (χ4v) is 1.72. The molecule has 7 nitrogen and oxygen atoms in total. The Bertz CT molecular complexity index is 454. The van der Waals surface area contributed by atoms with Gasteiger partial charge in [0.1, 0.15) is 18.3 Å². The van der Waals surface area contributed by atoms with E-state index < -0.39 is 24.9 Å².